The fraction of sp³-hybridized carbons (Fsp3) is 0.455. The lowest BCUT2D eigenvalue weighted by atomic mass is 10.0. The summed E-state index contributed by atoms with van der Waals surface area (Å²) < 4.78 is 0. The van der Waals surface area contributed by atoms with Crippen molar-refractivity contribution in [2.24, 2.45) is 0 Å². The molecular weight excluding hydrogens is 416 g/mol. The van der Waals surface area contributed by atoms with Gasteiger partial charge in [-0.15, -0.1) is 5.10 Å². The number of halogens is 1. The van der Waals surface area contributed by atoms with Crippen LogP contribution in [-0.2, 0) is 6.54 Å². The van der Waals surface area contributed by atoms with Crippen LogP contribution in [0.25, 0.3) is 0 Å². The van der Waals surface area contributed by atoms with Crippen LogP contribution in [-0.4, -0.2) is 59.8 Å². The Bertz CT molecular complexity index is 938. The molecule has 3 amide bonds. The Kier molecular flexibility index (Phi) is 7.68. The predicted octanol–water partition coefficient (Wildman–Crippen LogP) is 3.00. The number of hydrogen-bond donors (Lipinski definition) is 2. The number of hydrogen-bond acceptors (Lipinski definition) is 5. The van der Waals surface area contributed by atoms with Crippen LogP contribution in [0.5, 0.6) is 0 Å². The third-order valence-electron chi connectivity index (χ3n) is 5.50. The summed E-state index contributed by atoms with van der Waals surface area (Å²) in [7, 11) is 1.81. The second-order valence-corrected chi connectivity index (χ2v) is 8.16. The van der Waals surface area contributed by atoms with E-state index in [4.69, 9.17) is 11.6 Å². The van der Waals surface area contributed by atoms with Crippen LogP contribution < -0.4 is 15.5 Å². The summed E-state index contributed by atoms with van der Waals surface area (Å²) in [6.45, 7) is 6.26. The normalized spacial score (nSPS) is 16.0. The molecule has 0 aliphatic carbocycles. The predicted molar refractivity (Wildman–Crippen MR) is 121 cm³/mol. The van der Waals surface area contributed by atoms with Crippen LogP contribution in [0.2, 0.25) is 5.02 Å². The lowest BCUT2D eigenvalue weighted by molar-refractivity contribution is 0.0955. The van der Waals surface area contributed by atoms with Gasteiger partial charge in [0.1, 0.15) is 0 Å². The lowest BCUT2D eigenvalue weighted by Gasteiger charge is -2.38. The van der Waals surface area contributed by atoms with Crippen molar-refractivity contribution in [2.45, 2.75) is 39.3 Å². The van der Waals surface area contributed by atoms with Gasteiger partial charge in [-0.1, -0.05) is 23.7 Å². The highest BCUT2D eigenvalue weighted by Gasteiger charge is 2.27. The number of likely N-dealkylation sites (N-methyl/N-ethyl adjacent to an activating group) is 1. The molecule has 1 aliphatic rings. The molecule has 1 saturated heterocycles. The molecule has 2 heterocycles. The average molecular weight is 445 g/mol. The van der Waals surface area contributed by atoms with Crippen LogP contribution in [0, 0.1) is 6.92 Å². The van der Waals surface area contributed by atoms with Crippen LogP contribution in [0.1, 0.15) is 41.3 Å². The zero-order chi connectivity index (χ0) is 22.4. The molecule has 3 rings (SSSR count). The molecule has 1 unspecified atom stereocenters. The molecule has 0 radical (unpaired) electrons. The first-order chi connectivity index (χ1) is 14.9. The fourth-order valence-electron chi connectivity index (χ4n) is 3.66. The molecule has 31 heavy (non-hydrogen) atoms. The maximum Gasteiger partial charge on any atom is 0.317 e. The minimum Gasteiger partial charge on any atom is -0.353 e. The number of nitrogens with zero attached hydrogens (tertiary/aromatic N) is 4. The topological polar surface area (TPSA) is 90.5 Å². The van der Waals surface area contributed by atoms with Gasteiger partial charge in [0.2, 0.25) is 0 Å². The lowest BCUT2D eigenvalue weighted by Crippen LogP contribution is -2.51. The number of rotatable bonds is 6. The maximum absolute atomic E-state index is 12.7. The van der Waals surface area contributed by atoms with E-state index in [1.54, 1.807) is 11.0 Å². The number of benzene rings is 1. The second kappa shape index (κ2) is 10.4. The first-order valence-corrected chi connectivity index (χ1v) is 10.9. The summed E-state index contributed by atoms with van der Waals surface area (Å²) in [5.74, 6) is 0.486. The van der Waals surface area contributed by atoms with Crippen LogP contribution >= 0.6 is 11.6 Å². The van der Waals surface area contributed by atoms with E-state index in [-0.39, 0.29) is 18.0 Å². The van der Waals surface area contributed by atoms with Gasteiger partial charge < -0.3 is 20.4 Å². The van der Waals surface area contributed by atoms with Gasteiger partial charge in [0.05, 0.1) is 17.8 Å². The highest BCUT2D eigenvalue weighted by molar-refractivity contribution is 6.31. The number of nitrogens with one attached hydrogen (secondary N) is 2. The molecule has 1 fully saturated rings. The molecular formula is C22H29ClN6O2. The molecule has 0 saturated carbocycles. The van der Waals surface area contributed by atoms with E-state index in [2.05, 4.69) is 25.7 Å². The summed E-state index contributed by atoms with van der Waals surface area (Å²) in [5.41, 5.74) is 2.48. The second-order valence-electron chi connectivity index (χ2n) is 7.76. The number of carbonyl (C=O) groups excluding carboxylic acids is 2. The molecule has 166 valence electrons. The van der Waals surface area contributed by atoms with Crippen molar-refractivity contribution >= 4 is 29.4 Å². The zero-order valence-corrected chi connectivity index (χ0v) is 18.9. The number of urea groups is 1. The minimum atomic E-state index is -0.166. The largest absolute Gasteiger partial charge is 0.353 e. The Balaban J connectivity index is 1.60. The van der Waals surface area contributed by atoms with Gasteiger partial charge in [-0.05, 0) is 49.9 Å². The molecule has 1 aromatic carbocycles. The maximum atomic E-state index is 12.7. The van der Waals surface area contributed by atoms with E-state index in [0.717, 1.165) is 30.5 Å². The first kappa shape index (κ1) is 22.8. The number of carbonyl (C=O) groups is 2. The molecule has 0 bridgehead atoms. The van der Waals surface area contributed by atoms with Gasteiger partial charge in [0.15, 0.2) is 5.82 Å². The number of aryl methyl sites for hydroxylation is 1. The van der Waals surface area contributed by atoms with E-state index in [0.29, 0.717) is 36.0 Å². The van der Waals surface area contributed by atoms with E-state index < -0.39 is 0 Å². The fourth-order valence-corrected chi connectivity index (χ4v) is 3.78. The zero-order valence-electron chi connectivity index (χ0n) is 18.2. The van der Waals surface area contributed by atoms with Crippen molar-refractivity contribution in [3.05, 3.63) is 52.2 Å². The SMILES string of the molecule is CCNC(=O)c1cnnc(N2CCCC(N(C)C(=O)NCc3ccc(Cl)c(C)c3)C2)c1. The number of anilines is 1. The Labute approximate surface area is 188 Å². The standard InChI is InChI=1S/C22H29ClN6O2/c1-4-24-21(30)17-11-20(27-26-13-17)29-9-5-6-18(14-29)28(3)22(31)25-12-16-7-8-19(23)15(2)10-16/h7-8,10-11,13,18H,4-6,9,12,14H2,1-3H3,(H,24,30)(H,25,31). The van der Waals surface area contributed by atoms with Gasteiger partial charge in [-0.2, -0.15) is 5.10 Å². The van der Waals surface area contributed by atoms with Gasteiger partial charge in [0, 0.05) is 38.2 Å². The van der Waals surface area contributed by atoms with E-state index in [9.17, 15) is 9.59 Å². The van der Waals surface area contributed by atoms with Gasteiger partial charge in [-0.25, -0.2) is 4.79 Å². The average Bonchev–Trinajstić information content (AvgIpc) is 2.79. The Morgan fingerprint density at radius 2 is 2.10 bits per heavy atom. The number of amides is 3. The number of piperidine rings is 1. The molecule has 1 atom stereocenters. The van der Waals surface area contributed by atoms with E-state index in [1.165, 1.54) is 6.20 Å². The van der Waals surface area contributed by atoms with Crippen molar-refractivity contribution in [2.75, 3.05) is 31.6 Å². The summed E-state index contributed by atoms with van der Waals surface area (Å²) in [5, 5.41) is 14.7. The molecule has 1 aromatic heterocycles. The van der Waals surface area contributed by atoms with Crippen LogP contribution in [0.4, 0.5) is 10.6 Å². The highest BCUT2D eigenvalue weighted by Crippen LogP contribution is 2.21. The van der Waals surface area contributed by atoms with Crippen molar-refractivity contribution < 1.29 is 9.59 Å². The van der Waals surface area contributed by atoms with Gasteiger partial charge in [0.25, 0.3) is 5.91 Å². The quantitative estimate of drug-likeness (QED) is 0.714. The molecule has 1 aliphatic heterocycles. The Hall–Kier alpha value is -2.87. The molecule has 2 N–H and O–H groups in total. The number of aromatic nitrogens is 2. The smallest absolute Gasteiger partial charge is 0.317 e. The third kappa shape index (κ3) is 5.85. The van der Waals surface area contributed by atoms with Gasteiger partial charge >= 0.3 is 6.03 Å². The third-order valence-corrected chi connectivity index (χ3v) is 5.92. The van der Waals surface area contributed by atoms with Crippen molar-refractivity contribution in [1.82, 2.24) is 25.7 Å². The molecule has 2 aromatic rings. The van der Waals surface area contributed by atoms with Crippen molar-refractivity contribution in [3.8, 4) is 0 Å². The van der Waals surface area contributed by atoms with E-state index >= 15 is 0 Å². The minimum absolute atomic E-state index is 0.0376. The Morgan fingerprint density at radius 1 is 1.29 bits per heavy atom. The highest BCUT2D eigenvalue weighted by atomic mass is 35.5. The summed E-state index contributed by atoms with van der Waals surface area (Å²) in [6, 6.07) is 7.40. The summed E-state index contributed by atoms with van der Waals surface area (Å²) in [4.78, 5) is 28.6. The first-order valence-electron chi connectivity index (χ1n) is 10.5. The van der Waals surface area contributed by atoms with Crippen molar-refractivity contribution in [3.63, 3.8) is 0 Å². The molecule has 0 spiro atoms. The van der Waals surface area contributed by atoms with Gasteiger partial charge in [-0.3, -0.25) is 4.79 Å². The molecule has 8 nitrogen and oxygen atoms in total. The van der Waals surface area contributed by atoms with Crippen molar-refractivity contribution in [1.29, 1.82) is 0 Å². The van der Waals surface area contributed by atoms with Crippen LogP contribution in [0.3, 0.4) is 0 Å². The monoisotopic (exact) mass is 444 g/mol. The molecule has 9 heteroatoms. The summed E-state index contributed by atoms with van der Waals surface area (Å²) in [6.07, 6.45) is 3.30. The van der Waals surface area contributed by atoms with E-state index in [1.807, 2.05) is 39.1 Å². The Morgan fingerprint density at radius 3 is 2.84 bits per heavy atom. The summed E-state index contributed by atoms with van der Waals surface area (Å²) >= 11 is 6.07. The van der Waals surface area contributed by atoms with Crippen LogP contribution in [0.15, 0.2) is 30.5 Å².